The van der Waals surface area contributed by atoms with Crippen LogP contribution in [-0.4, -0.2) is 12.5 Å². The molecular weight excluding hydrogens is 128 g/mol. The summed E-state index contributed by atoms with van der Waals surface area (Å²) in [7, 11) is 0. The van der Waals surface area contributed by atoms with E-state index in [0.717, 1.165) is 12.8 Å². The van der Waals surface area contributed by atoms with Crippen LogP contribution in [0.25, 0.3) is 0 Å². The van der Waals surface area contributed by atoms with Crippen LogP contribution in [0, 0.1) is 17.2 Å². The third kappa shape index (κ3) is 2.06. The first-order chi connectivity index (χ1) is 4.84. The van der Waals surface area contributed by atoms with Crippen LogP contribution >= 0.6 is 0 Å². The highest BCUT2D eigenvalue weighted by Crippen LogP contribution is 2.28. The van der Waals surface area contributed by atoms with Gasteiger partial charge in [-0.3, -0.25) is 10.1 Å². The van der Waals surface area contributed by atoms with E-state index in [2.05, 4.69) is 5.32 Å². The molecule has 0 aromatic carbocycles. The van der Waals surface area contributed by atoms with Crippen LogP contribution in [0.1, 0.15) is 19.3 Å². The molecule has 10 heavy (non-hydrogen) atoms. The van der Waals surface area contributed by atoms with Gasteiger partial charge < -0.3 is 0 Å². The van der Waals surface area contributed by atoms with Gasteiger partial charge in [-0.25, -0.2) is 0 Å². The second-order valence-corrected chi connectivity index (χ2v) is 2.40. The Kier molecular flexibility index (Phi) is 2.27. The summed E-state index contributed by atoms with van der Waals surface area (Å²) in [6.45, 7) is 0.381. The fraction of sp³-hybridized carbons (Fsp3) is 0.714. The Morgan fingerprint density at radius 3 is 2.90 bits per heavy atom. The minimum absolute atomic E-state index is 0.00440. The van der Waals surface area contributed by atoms with Gasteiger partial charge in [0.25, 0.3) is 0 Å². The molecule has 1 fully saturated rings. The van der Waals surface area contributed by atoms with E-state index in [4.69, 9.17) is 5.26 Å². The molecule has 53 valence electrons. The number of carbonyl (C=O) groups excluding carboxylic acids is 1. The third-order valence-electron chi connectivity index (χ3n) is 1.42. The maximum Gasteiger partial charge on any atom is 0.244 e. The van der Waals surface area contributed by atoms with Gasteiger partial charge in [0.2, 0.25) is 5.91 Å². The van der Waals surface area contributed by atoms with Crippen LogP contribution in [0.2, 0.25) is 0 Å². The molecule has 0 N–H and O–H groups in total. The van der Waals surface area contributed by atoms with Crippen molar-refractivity contribution in [2.75, 3.05) is 6.54 Å². The minimum atomic E-state index is -0.00440. The summed E-state index contributed by atoms with van der Waals surface area (Å²) in [5.74, 6) is 0.203. The fourth-order valence-electron chi connectivity index (χ4n) is 0.675. The van der Waals surface area contributed by atoms with Gasteiger partial charge in [0, 0.05) is 5.92 Å². The van der Waals surface area contributed by atoms with E-state index >= 15 is 0 Å². The molecule has 0 atom stereocenters. The van der Waals surface area contributed by atoms with E-state index in [9.17, 15) is 4.79 Å². The van der Waals surface area contributed by atoms with Crippen LogP contribution in [0.3, 0.4) is 0 Å². The van der Waals surface area contributed by atoms with Crippen molar-refractivity contribution in [3.63, 3.8) is 0 Å². The molecule has 1 aliphatic carbocycles. The lowest BCUT2D eigenvalue weighted by atomic mass is 10.4. The normalized spacial score (nSPS) is 15.9. The number of amides is 1. The number of hydrogen-bond acceptors (Lipinski definition) is 2. The summed E-state index contributed by atoms with van der Waals surface area (Å²) in [6, 6.07) is 1.94. The summed E-state index contributed by atoms with van der Waals surface area (Å²) in [4.78, 5) is 10.8. The van der Waals surface area contributed by atoms with Gasteiger partial charge in [-0.05, 0) is 12.8 Å². The lowest BCUT2D eigenvalue weighted by Gasteiger charge is -1.93. The van der Waals surface area contributed by atoms with E-state index in [0.29, 0.717) is 13.0 Å². The number of nitrogens with zero attached hydrogens (tertiary/aromatic N) is 2. The van der Waals surface area contributed by atoms with Gasteiger partial charge in [-0.2, -0.15) is 5.26 Å². The Labute approximate surface area is 60.0 Å². The van der Waals surface area contributed by atoms with Gasteiger partial charge in [-0.15, -0.1) is 0 Å². The lowest BCUT2D eigenvalue weighted by Crippen LogP contribution is -2.17. The fourth-order valence-corrected chi connectivity index (χ4v) is 0.675. The van der Waals surface area contributed by atoms with E-state index in [1.807, 2.05) is 6.07 Å². The molecule has 0 saturated heterocycles. The molecule has 0 aliphatic heterocycles. The first kappa shape index (κ1) is 7.07. The zero-order valence-corrected chi connectivity index (χ0v) is 5.71. The molecule has 0 unspecified atom stereocenters. The third-order valence-corrected chi connectivity index (χ3v) is 1.42. The molecule has 1 radical (unpaired) electrons. The van der Waals surface area contributed by atoms with Crippen molar-refractivity contribution in [1.82, 2.24) is 5.32 Å². The molecular formula is C7H9N2O. The summed E-state index contributed by atoms with van der Waals surface area (Å²) in [6.07, 6.45) is 2.35. The van der Waals surface area contributed by atoms with E-state index in [1.165, 1.54) is 0 Å². The van der Waals surface area contributed by atoms with Gasteiger partial charge in [-0.1, -0.05) is 0 Å². The standard InChI is InChI=1S/C7H9N2O/c8-4-1-5-9-7(10)6-2-3-6/h6H,1-3,5H2. The molecule has 1 saturated carbocycles. The molecule has 3 heteroatoms. The number of hydrogen-bond donors (Lipinski definition) is 0. The Balaban J connectivity index is 2.02. The van der Waals surface area contributed by atoms with Crippen molar-refractivity contribution in [3.8, 4) is 6.07 Å². The SMILES string of the molecule is N#CCC[N]C(=O)C1CC1. The van der Waals surface area contributed by atoms with Gasteiger partial charge in [0.15, 0.2) is 0 Å². The van der Waals surface area contributed by atoms with Gasteiger partial charge in [0.05, 0.1) is 19.0 Å². The molecule has 1 rings (SSSR count). The molecule has 0 bridgehead atoms. The zero-order valence-electron chi connectivity index (χ0n) is 5.71. The molecule has 1 amide bonds. The smallest absolute Gasteiger partial charge is 0.244 e. The van der Waals surface area contributed by atoms with Crippen molar-refractivity contribution in [3.05, 3.63) is 0 Å². The Bertz CT molecular complexity index is 167. The van der Waals surface area contributed by atoms with Crippen molar-refractivity contribution in [2.45, 2.75) is 19.3 Å². The first-order valence-corrected chi connectivity index (χ1v) is 3.43. The second-order valence-electron chi connectivity index (χ2n) is 2.40. The molecule has 0 aromatic heterocycles. The highest BCUT2D eigenvalue weighted by Gasteiger charge is 2.29. The summed E-state index contributed by atoms with van der Waals surface area (Å²) in [5, 5.41) is 11.8. The number of rotatable bonds is 3. The molecule has 0 aromatic rings. The Morgan fingerprint density at radius 2 is 2.40 bits per heavy atom. The maximum atomic E-state index is 10.8. The van der Waals surface area contributed by atoms with Crippen LogP contribution in [0.5, 0.6) is 0 Å². The molecule has 3 nitrogen and oxygen atoms in total. The van der Waals surface area contributed by atoms with Gasteiger partial charge >= 0.3 is 0 Å². The average Bonchev–Trinajstić information content (AvgIpc) is 2.69. The first-order valence-electron chi connectivity index (χ1n) is 3.43. The van der Waals surface area contributed by atoms with Crippen molar-refractivity contribution in [1.29, 1.82) is 5.26 Å². The minimum Gasteiger partial charge on any atom is -0.273 e. The average molecular weight is 137 g/mol. The lowest BCUT2D eigenvalue weighted by molar-refractivity contribution is -0.122. The maximum absolute atomic E-state index is 10.8. The van der Waals surface area contributed by atoms with Crippen LogP contribution in [0.4, 0.5) is 0 Å². The quantitative estimate of drug-likeness (QED) is 0.530. The van der Waals surface area contributed by atoms with Crippen LogP contribution in [-0.2, 0) is 4.79 Å². The highest BCUT2D eigenvalue weighted by molar-refractivity contribution is 5.80. The highest BCUT2D eigenvalue weighted by atomic mass is 16.2. The predicted molar refractivity (Wildman–Crippen MR) is 35.0 cm³/mol. The second kappa shape index (κ2) is 3.21. The Morgan fingerprint density at radius 1 is 1.70 bits per heavy atom. The predicted octanol–water partition coefficient (Wildman–Crippen LogP) is 0.441. The van der Waals surface area contributed by atoms with E-state index in [1.54, 1.807) is 0 Å². The largest absolute Gasteiger partial charge is 0.273 e. The Hall–Kier alpha value is -1.04. The molecule has 1 aliphatic rings. The van der Waals surface area contributed by atoms with Crippen LogP contribution < -0.4 is 5.32 Å². The summed E-state index contributed by atoms with van der Waals surface area (Å²) in [5.41, 5.74) is 0. The topological polar surface area (TPSA) is 55.0 Å². The molecule has 0 heterocycles. The van der Waals surface area contributed by atoms with Crippen molar-refractivity contribution >= 4 is 5.91 Å². The van der Waals surface area contributed by atoms with Crippen LogP contribution in [0.15, 0.2) is 0 Å². The summed E-state index contributed by atoms with van der Waals surface area (Å²) >= 11 is 0. The number of carbonyl (C=O) groups is 1. The van der Waals surface area contributed by atoms with E-state index < -0.39 is 0 Å². The summed E-state index contributed by atoms with van der Waals surface area (Å²) < 4.78 is 0. The van der Waals surface area contributed by atoms with Gasteiger partial charge in [0.1, 0.15) is 0 Å². The molecule has 0 spiro atoms. The monoisotopic (exact) mass is 137 g/mol. The zero-order chi connectivity index (χ0) is 7.40. The van der Waals surface area contributed by atoms with Crippen molar-refractivity contribution < 1.29 is 4.79 Å². The van der Waals surface area contributed by atoms with Crippen molar-refractivity contribution in [2.24, 2.45) is 5.92 Å². The van der Waals surface area contributed by atoms with E-state index in [-0.39, 0.29) is 11.8 Å². The number of nitriles is 1.